The van der Waals surface area contributed by atoms with E-state index in [1.807, 2.05) is 30.9 Å². The molecular weight excluding hydrogens is 321 g/mol. The molecule has 0 unspecified atom stereocenters. The summed E-state index contributed by atoms with van der Waals surface area (Å²) >= 11 is 0. The molecule has 1 saturated heterocycles. The second-order valence-corrected chi connectivity index (χ2v) is 6.68. The summed E-state index contributed by atoms with van der Waals surface area (Å²) in [5, 5.41) is 4.71. The highest BCUT2D eigenvalue weighted by atomic mass is 19.1. The molecule has 3 aromatic rings. The zero-order valence-corrected chi connectivity index (χ0v) is 14.3. The number of nitrogens with one attached hydrogen (secondary N) is 1. The number of nitrogens with zero attached hydrogens (tertiary/aromatic N) is 2. The predicted octanol–water partition coefficient (Wildman–Crippen LogP) is 3.82. The van der Waals surface area contributed by atoms with Gasteiger partial charge in [-0.3, -0.25) is 4.79 Å². The topological polar surface area (TPSA) is 62.1 Å². The van der Waals surface area contributed by atoms with Crippen molar-refractivity contribution >= 4 is 16.8 Å². The lowest BCUT2D eigenvalue weighted by atomic mass is 10.1. The molecule has 0 bridgehead atoms. The van der Waals surface area contributed by atoms with Gasteiger partial charge in [-0.1, -0.05) is 17.3 Å². The van der Waals surface area contributed by atoms with Crippen molar-refractivity contribution in [2.24, 2.45) is 0 Å². The van der Waals surface area contributed by atoms with Crippen LogP contribution in [0.5, 0.6) is 0 Å². The zero-order valence-electron chi connectivity index (χ0n) is 14.3. The number of carbonyl (C=O) groups is 1. The Labute approximate surface area is 144 Å². The highest BCUT2D eigenvalue weighted by Crippen LogP contribution is 2.33. The van der Waals surface area contributed by atoms with Gasteiger partial charge in [-0.25, -0.2) is 4.39 Å². The Hall–Kier alpha value is -2.63. The van der Waals surface area contributed by atoms with Gasteiger partial charge in [0.1, 0.15) is 5.82 Å². The first-order valence-corrected chi connectivity index (χ1v) is 8.53. The molecule has 6 heteroatoms. The molecular formula is C19H20FN3O2. The van der Waals surface area contributed by atoms with Crippen LogP contribution in [-0.4, -0.2) is 27.5 Å². The quantitative estimate of drug-likeness (QED) is 0.788. The number of amides is 1. The Bertz CT molecular complexity index is 943. The van der Waals surface area contributed by atoms with E-state index in [9.17, 15) is 9.18 Å². The fourth-order valence-electron chi connectivity index (χ4n) is 3.75. The first-order chi connectivity index (χ1) is 12.0. The molecule has 130 valence electrons. The van der Waals surface area contributed by atoms with E-state index in [2.05, 4.69) is 10.1 Å². The molecule has 1 amide bonds. The third-order valence-electron chi connectivity index (χ3n) is 4.98. The monoisotopic (exact) mass is 341 g/mol. The molecule has 0 spiro atoms. The van der Waals surface area contributed by atoms with Crippen molar-refractivity contribution in [1.29, 1.82) is 0 Å². The van der Waals surface area contributed by atoms with Crippen LogP contribution in [0.4, 0.5) is 4.39 Å². The highest BCUT2D eigenvalue weighted by molar-refractivity contribution is 5.90. The Morgan fingerprint density at radius 2 is 2.28 bits per heavy atom. The lowest BCUT2D eigenvalue weighted by Crippen LogP contribution is -2.31. The van der Waals surface area contributed by atoms with Crippen LogP contribution in [0.3, 0.4) is 0 Å². The second-order valence-electron chi connectivity index (χ2n) is 6.68. The summed E-state index contributed by atoms with van der Waals surface area (Å²) < 4.78 is 19.3. The van der Waals surface area contributed by atoms with Gasteiger partial charge >= 0.3 is 0 Å². The fraction of sp³-hybridized carbons (Fsp3) is 0.368. The summed E-state index contributed by atoms with van der Waals surface area (Å²) in [6.45, 7) is 4.46. The van der Waals surface area contributed by atoms with Crippen LogP contribution in [0.2, 0.25) is 0 Å². The number of aryl methyl sites for hydroxylation is 2. The van der Waals surface area contributed by atoms with Crippen molar-refractivity contribution in [2.75, 3.05) is 6.54 Å². The van der Waals surface area contributed by atoms with E-state index in [0.717, 1.165) is 40.9 Å². The lowest BCUT2D eigenvalue weighted by molar-refractivity contribution is -0.131. The lowest BCUT2D eigenvalue weighted by Gasteiger charge is -2.22. The molecule has 1 atom stereocenters. The van der Waals surface area contributed by atoms with Crippen LogP contribution >= 0.6 is 0 Å². The molecule has 0 aliphatic carbocycles. The van der Waals surface area contributed by atoms with Crippen LogP contribution in [0.15, 0.2) is 28.8 Å². The molecule has 0 radical (unpaired) electrons. The Morgan fingerprint density at radius 1 is 1.44 bits per heavy atom. The third-order valence-corrected chi connectivity index (χ3v) is 4.98. The standard InChI is InChI=1S/C19H20FN3O2/c1-11-9-17(25-22-11)16-7-4-8-23(16)18(24)10-14-12(2)21-19-13(14)5-3-6-15(19)20/h3,5-6,9,16,21H,4,7-8,10H2,1-2H3/t16-/m0/s1. The summed E-state index contributed by atoms with van der Waals surface area (Å²) in [5.74, 6) is 0.477. The van der Waals surface area contributed by atoms with Gasteiger partial charge in [0.25, 0.3) is 0 Å². The van der Waals surface area contributed by atoms with Crippen molar-refractivity contribution in [3.05, 3.63) is 52.8 Å². The number of halogens is 1. The Balaban J connectivity index is 1.62. The van der Waals surface area contributed by atoms with E-state index < -0.39 is 0 Å². The van der Waals surface area contributed by atoms with Gasteiger partial charge in [0.2, 0.25) is 5.91 Å². The number of hydrogen-bond acceptors (Lipinski definition) is 3. The van der Waals surface area contributed by atoms with Gasteiger partial charge in [-0.05, 0) is 38.3 Å². The molecule has 1 aromatic carbocycles. The minimum Gasteiger partial charge on any atom is -0.359 e. The minimum atomic E-state index is -0.296. The summed E-state index contributed by atoms with van der Waals surface area (Å²) in [6.07, 6.45) is 2.07. The van der Waals surface area contributed by atoms with Gasteiger partial charge < -0.3 is 14.4 Å². The van der Waals surface area contributed by atoms with E-state index in [-0.39, 0.29) is 24.2 Å². The maximum atomic E-state index is 14.0. The summed E-state index contributed by atoms with van der Waals surface area (Å²) in [6, 6.07) is 6.78. The van der Waals surface area contributed by atoms with Gasteiger partial charge in [-0.2, -0.15) is 0 Å². The number of H-pyrrole nitrogens is 1. The molecule has 3 heterocycles. The summed E-state index contributed by atoms with van der Waals surface area (Å²) in [4.78, 5) is 17.9. The molecule has 5 nitrogen and oxygen atoms in total. The van der Waals surface area contributed by atoms with Crippen LogP contribution in [0.25, 0.3) is 10.9 Å². The number of para-hydroxylation sites is 1. The Morgan fingerprint density at radius 3 is 3.04 bits per heavy atom. The number of likely N-dealkylation sites (tertiary alicyclic amines) is 1. The molecule has 1 aliphatic rings. The third kappa shape index (κ3) is 2.71. The van der Waals surface area contributed by atoms with Crippen molar-refractivity contribution in [1.82, 2.24) is 15.0 Å². The van der Waals surface area contributed by atoms with E-state index in [1.165, 1.54) is 6.07 Å². The minimum absolute atomic E-state index is 0.0322. The van der Waals surface area contributed by atoms with E-state index in [1.54, 1.807) is 6.07 Å². The van der Waals surface area contributed by atoms with Crippen molar-refractivity contribution in [3.8, 4) is 0 Å². The van der Waals surface area contributed by atoms with Gasteiger partial charge in [-0.15, -0.1) is 0 Å². The summed E-state index contributed by atoms with van der Waals surface area (Å²) in [7, 11) is 0. The van der Waals surface area contributed by atoms with E-state index >= 15 is 0 Å². The normalized spacial score (nSPS) is 17.6. The zero-order chi connectivity index (χ0) is 17.6. The number of benzene rings is 1. The number of carbonyl (C=O) groups excluding carboxylic acids is 1. The fourth-order valence-corrected chi connectivity index (χ4v) is 3.75. The van der Waals surface area contributed by atoms with Crippen molar-refractivity contribution in [3.63, 3.8) is 0 Å². The van der Waals surface area contributed by atoms with Gasteiger partial charge in [0, 0.05) is 23.7 Å². The smallest absolute Gasteiger partial charge is 0.227 e. The van der Waals surface area contributed by atoms with Crippen molar-refractivity contribution < 1.29 is 13.7 Å². The molecule has 4 rings (SSSR count). The van der Waals surface area contributed by atoms with Crippen LogP contribution in [0, 0.1) is 19.7 Å². The number of hydrogen-bond donors (Lipinski definition) is 1. The molecule has 1 N–H and O–H groups in total. The number of aromatic nitrogens is 2. The molecule has 1 aliphatic heterocycles. The van der Waals surface area contributed by atoms with Gasteiger partial charge in [0.05, 0.1) is 23.7 Å². The molecule has 1 fully saturated rings. The Kier molecular flexibility index (Phi) is 3.82. The first-order valence-electron chi connectivity index (χ1n) is 8.53. The maximum Gasteiger partial charge on any atom is 0.227 e. The highest BCUT2D eigenvalue weighted by Gasteiger charge is 2.33. The van der Waals surface area contributed by atoms with E-state index in [0.29, 0.717) is 12.1 Å². The SMILES string of the molecule is Cc1cc([C@@H]2CCCN2C(=O)Cc2c(C)[nH]c3c(F)cccc23)on1. The van der Waals surface area contributed by atoms with Crippen LogP contribution < -0.4 is 0 Å². The van der Waals surface area contributed by atoms with Crippen LogP contribution in [0.1, 0.15) is 41.6 Å². The van der Waals surface area contributed by atoms with Gasteiger partial charge in [0.15, 0.2) is 5.76 Å². The number of rotatable bonds is 3. The first kappa shape index (κ1) is 15.9. The maximum absolute atomic E-state index is 14.0. The molecule has 25 heavy (non-hydrogen) atoms. The van der Waals surface area contributed by atoms with Crippen LogP contribution in [-0.2, 0) is 11.2 Å². The number of aromatic amines is 1. The van der Waals surface area contributed by atoms with Crippen molar-refractivity contribution in [2.45, 2.75) is 39.2 Å². The summed E-state index contributed by atoms with van der Waals surface area (Å²) in [5.41, 5.74) is 2.97. The average Bonchev–Trinajstić information content (AvgIpc) is 3.28. The average molecular weight is 341 g/mol. The van der Waals surface area contributed by atoms with E-state index in [4.69, 9.17) is 4.52 Å². The second kappa shape index (κ2) is 6.02. The molecule has 0 saturated carbocycles. The largest absolute Gasteiger partial charge is 0.359 e. The number of fused-ring (bicyclic) bond motifs is 1. The molecule has 2 aromatic heterocycles. The predicted molar refractivity (Wildman–Crippen MR) is 91.6 cm³/mol.